The van der Waals surface area contributed by atoms with Crippen molar-refractivity contribution >= 4 is 0 Å². The SMILES string of the molecule is CC(C)c1c(C2CNCCO2)ccc2c1OCO2. The van der Waals surface area contributed by atoms with Gasteiger partial charge >= 0.3 is 0 Å². The van der Waals surface area contributed by atoms with Gasteiger partial charge in [-0.15, -0.1) is 0 Å². The van der Waals surface area contributed by atoms with Gasteiger partial charge in [-0.3, -0.25) is 0 Å². The summed E-state index contributed by atoms with van der Waals surface area (Å²) in [6, 6.07) is 4.10. The molecule has 1 saturated heterocycles. The van der Waals surface area contributed by atoms with Gasteiger partial charge in [0.2, 0.25) is 6.79 Å². The van der Waals surface area contributed by atoms with E-state index in [0.29, 0.717) is 12.7 Å². The molecule has 1 N–H and O–H groups in total. The van der Waals surface area contributed by atoms with Crippen LogP contribution < -0.4 is 14.8 Å². The average Bonchev–Trinajstić information content (AvgIpc) is 2.86. The Morgan fingerprint density at radius 2 is 2.17 bits per heavy atom. The van der Waals surface area contributed by atoms with E-state index in [1.807, 2.05) is 6.07 Å². The molecule has 1 fully saturated rings. The number of ether oxygens (including phenoxy) is 3. The van der Waals surface area contributed by atoms with Crippen LogP contribution in [0.4, 0.5) is 0 Å². The second-order valence-corrected chi connectivity index (χ2v) is 5.02. The van der Waals surface area contributed by atoms with Crippen molar-refractivity contribution in [1.82, 2.24) is 5.32 Å². The molecule has 0 spiro atoms. The largest absolute Gasteiger partial charge is 0.454 e. The van der Waals surface area contributed by atoms with Crippen molar-refractivity contribution in [3.05, 3.63) is 23.3 Å². The third-order valence-corrected chi connectivity index (χ3v) is 3.46. The average molecular weight is 249 g/mol. The lowest BCUT2D eigenvalue weighted by Gasteiger charge is -2.27. The van der Waals surface area contributed by atoms with Gasteiger partial charge in [-0.2, -0.15) is 0 Å². The number of hydrogen-bond donors (Lipinski definition) is 1. The minimum atomic E-state index is 0.116. The molecule has 98 valence electrons. The molecule has 3 rings (SSSR count). The molecular weight excluding hydrogens is 230 g/mol. The summed E-state index contributed by atoms with van der Waals surface area (Å²) in [6.45, 7) is 7.23. The normalized spacial score (nSPS) is 22.5. The van der Waals surface area contributed by atoms with Crippen LogP contribution in [0.25, 0.3) is 0 Å². The van der Waals surface area contributed by atoms with Crippen LogP contribution in [0.1, 0.15) is 37.0 Å². The number of benzene rings is 1. The van der Waals surface area contributed by atoms with Crippen molar-refractivity contribution in [2.45, 2.75) is 25.9 Å². The summed E-state index contributed by atoms with van der Waals surface area (Å²) >= 11 is 0. The molecule has 0 saturated carbocycles. The van der Waals surface area contributed by atoms with Crippen LogP contribution >= 0.6 is 0 Å². The molecular formula is C14H19NO3. The molecule has 18 heavy (non-hydrogen) atoms. The number of fused-ring (bicyclic) bond motifs is 1. The van der Waals surface area contributed by atoms with Crippen molar-refractivity contribution in [2.24, 2.45) is 0 Å². The third kappa shape index (κ3) is 1.95. The second-order valence-electron chi connectivity index (χ2n) is 5.02. The van der Waals surface area contributed by atoms with Crippen LogP contribution in [-0.2, 0) is 4.74 Å². The Kier molecular flexibility index (Phi) is 3.14. The van der Waals surface area contributed by atoms with Crippen LogP contribution in [0.2, 0.25) is 0 Å². The van der Waals surface area contributed by atoms with E-state index in [9.17, 15) is 0 Å². The maximum atomic E-state index is 5.86. The topological polar surface area (TPSA) is 39.7 Å². The van der Waals surface area contributed by atoms with E-state index in [0.717, 1.165) is 31.2 Å². The highest BCUT2D eigenvalue weighted by molar-refractivity contribution is 5.54. The molecule has 2 aliphatic heterocycles. The van der Waals surface area contributed by atoms with Gasteiger partial charge in [0.15, 0.2) is 11.5 Å². The standard InChI is InChI=1S/C14H19NO3/c1-9(2)13-10(12-7-15-5-6-16-12)3-4-11-14(13)18-8-17-11/h3-4,9,12,15H,5-8H2,1-2H3. The van der Waals surface area contributed by atoms with Gasteiger partial charge in [-0.1, -0.05) is 19.9 Å². The fraction of sp³-hybridized carbons (Fsp3) is 0.571. The lowest BCUT2D eigenvalue weighted by Crippen LogP contribution is -2.33. The van der Waals surface area contributed by atoms with E-state index >= 15 is 0 Å². The van der Waals surface area contributed by atoms with Crippen molar-refractivity contribution in [3.8, 4) is 11.5 Å². The van der Waals surface area contributed by atoms with Crippen molar-refractivity contribution in [3.63, 3.8) is 0 Å². The molecule has 0 aliphatic carbocycles. The predicted molar refractivity (Wildman–Crippen MR) is 68.2 cm³/mol. The van der Waals surface area contributed by atoms with Crippen LogP contribution in [0, 0.1) is 0 Å². The molecule has 1 aromatic rings. The smallest absolute Gasteiger partial charge is 0.231 e. The Balaban J connectivity index is 2.02. The molecule has 2 heterocycles. The Labute approximate surface area is 107 Å². The Morgan fingerprint density at radius 3 is 2.89 bits per heavy atom. The Morgan fingerprint density at radius 1 is 1.28 bits per heavy atom. The molecule has 4 nitrogen and oxygen atoms in total. The maximum Gasteiger partial charge on any atom is 0.231 e. The van der Waals surface area contributed by atoms with Crippen molar-refractivity contribution in [1.29, 1.82) is 0 Å². The third-order valence-electron chi connectivity index (χ3n) is 3.46. The Hall–Kier alpha value is -1.26. The highest BCUT2D eigenvalue weighted by atomic mass is 16.7. The predicted octanol–water partition coefficient (Wildman–Crippen LogP) is 2.20. The first-order chi connectivity index (χ1) is 8.77. The molecule has 0 radical (unpaired) electrons. The first-order valence-electron chi connectivity index (χ1n) is 6.52. The summed E-state index contributed by atoms with van der Waals surface area (Å²) < 4.78 is 16.9. The monoisotopic (exact) mass is 249 g/mol. The van der Waals surface area contributed by atoms with Gasteiger partial charge < -0.3 is 19.5 Å². The number of morpholine rings is 1. The van der Waals surface area contributed by atoms with Gasteiger partial charge in [0.25, 0.3) is 0 Å². The molecule has 2 aliphatic rings. The number of rotatable bonds is 2. The number of hydrogen-bond acceptors (Lipinski definition) is 4. The second kappa shape index (κ2) is 4.78. The van der Waals surface area contributed by atoms with Crippen LogP contribution in [-0.4, -0.2) is 26.5 Å². The molecule has 0 bridgehead atoms. The molecule has 0 amide bonds. The maximum absolute atomic E-state index is 5.86. The van der Waals surface area contributed by atoms with Gasteiger partial charge in [0.05, 0.1) is 12.7 Å². The molecule has 1 aromatic carbocycles. The van der Waals surface area contributed by atoms with E-state index in [-0.39, 0.29) is 6.10 Å². The highest BCUT2D eigenvalue weighted by Crippen LogP contribution is 2.43. The summed E-state index contributed by atoms with van der Waals surface area (Å²) in [5.41, 5.74) is 2.44. The lowest BCUT2D eigenvalue weighted by molar-refractivity contribution is 0.0269. The minimum Gasteiger partial charge on any atom is -0.454 e. The quantitative estimate of drug-likeness (QED) is 0.872. The van der Waals surface area contributed by atoms with E-state index in [1.54, 1.807) is 0 Å². The van der Waals surface area contributed by atoms with Crippen LogP contribution in [0.5, 0.6) is 11.5 Å². The minimum absolute atomic E-state index is 0.116. The summed E-state index contributed by atoms with van der Waals surface area (Å²) in [5, 5.41) is 3.37. The zero-order chi connectivity index (χ0) is 12.5. The summed E-state index contributed by atoms with van der Waals surface area (Å²) in [5.74, 6) is 2.14. The summed E-state index contributed by atoms with van der Waals surface area (Å²) in [4.78, 5) is 0. The van der Waals surface area contributed by atoms with E-state index in [4.69, 9.17) is 14.2 Å². The zero-order valence-electron chi connectivity index (χ0n) is 10.9. The fourth-order valence-electron chi connectivity index (χ4n) is 2.65. The van der Waals surface area contributed by atoms with Crippen LogP contribution in [0.3, 0.4) is 0 Å². The summed E-state index contributed by atoms with van der Waals surface area (Å²) in [7, 11) is 0. The van der Waals surface area contributed by atoms with E-state index in [2.05, 4.69) is 25.2 Å². The van der Waals surface area contributed by atoms with Gasteiger partial charge in [0.1, 0.15) is 0 Å². The van der Waals surface area contributed by atoms with E-state index < -0.39 is 0 Å². The van der Waals surface area contributed by atoms with Gasteiger partial charge in [-0.05, 0) is 17.5 Å². The molecule has 4 heteroatoms. The fourth-order valence-corrected chi connectivity index (χ4v) is 2.65. The molecule has 1 atom stereocenters. The lowest BCUT2D eigenvalue weighted by atomic mass is 9.92. The van der Waals surface area contributed by atoms with Crippen LogP contribution in [0.15, 0.2) is 12.1 Å². The summed E-state index contributed by atoms with van der Waals surface area (Å²) in [6.07, 6.45) is 0.116. The van der Waals surface area contributed by atoms with Crippen molar-refractivity contribution in [2.75, 3.05) is 26.5 Å². The van der Waals surface area contributed by atoms with Crippen molar-refractivity contribution < 1.29 is 14.2 Å². The highest BCUT2D eigenvalue weighted by Gasteiger charge is 2.27. The van der Waals surface area contributed by atoms with E-state index in [1.165, 1.54) is 11.1 Å². The van der Waals surface area contributed by atoms with Gasteiger partial charge in [0, 0.05) is 18.7 Å². The van der Waals surface area contributed by atoms with Gasteiger partial charge in [-0.25, -0.2) is 0 Å². The molecule has 1 unspecified atom stereocenters. The Bertz CT molecular complexity index is 439. The first-order valence-corrected chi connectivity index (χ1v) is 6.52. The molecule has 0 aromatic heterocycles. The zero-order valence-corrected chi connectivity index (χ0v) is 10.9. The first kappa shape index (κ1) is 11.8. The number of nitrogens with one attached hydrogen (secondary N) is 1.